The van der Waals surface area contributed by atoms with Crippen LogP contribution in [0.3, 0.4) is 0 Å². The number of ether oxygens (including phenoxy) is 1. The van der Waals surface area contributed by atoms with Gasteiger partial charge in [-0.1, -0.05) is 0 Å². The van der Waals surface area contributed by atoms with Gasteiger partial charge in [-0.15, -0.1) is 0 Å². The number of nitrogens with zero attached hydrogens (tertiary/aromatic N) is 6. The molecule has 0 radical (unpaired) electrons. The van der Waals surface area contributed by atoms with E-state index in [1.165, 1.54) is 18.2 Å². The minimum absolute atomic E-state index is 0.129. The monoisotopic (exact) mass is 545 g/mol. The Labute approximate surface area is 196 Å². The summed E-state index contributed by atoms with van der Waals surface area (Å²) in [6, 6.07) is 6.74. The minimum Gasteiger partial charge on any atom is -0.488 e. The number of nitriles is 1. The van der Waals surface area contributed by atoms with Crippen molar-refractivity contribution in [2.45, 2.75) is 18.9 Å². The molecular weight excluding hydrogens is 528 g/mol. The third kappa shape index (κ3) is 4.59. The SMILES string of the molecule is N#Cc1ccc(-n2nc(C=N)c(OC3CCN(c4ncc(I)cn4)CC3)cc2=O)cc1F. The number of rotatable bonds is 5. The molecule has 1 aromatic carbocycles. The number of halogens is 2. The van der Waals surface area contributed by atoms with Gasteiger partial charge in [0.25, 0.3) is 5.56 Å². The second kappa shape index (κ2) is 9.39. The fourth-order valence-electron chi connectivity index (χ4n) is 3.38. The van der Waals surface area contributed by atoms with E-state index >= 15 is 0 Å². The summed E-state index contributed by atoms with van der Waals surface area (Å²) in [4.78, 5) is 23.4. The van der Waals surface area contributed by atoms with Crippen LogP contribution in [0.25, 0.3) is 5.69 Å². The first-order chi connectivity index (χ1) is 15.5. The lowest BCUT2D eigenvalue weighted by molar-refractivity contribution is 0.169. The van der Waals surface area contributed by atoms with E-state index in [4.69, 9.17) is 15.4 Å². The van der Waals surface area contributed by atoms with Gasteiger partial charge in [0, 0.05) is 60.2 Å². The highest BCUT2D eigenvalue weighted by Crippen LogP contribution is 2.22. The third-order valence-corrected chi connectivity index (χ3v) is 5.56. The summed E-state index contributed by atoms with van der Waals surface area (Å²) in [5.41, 5.74) is -0.347. The molecule has 1 fully saturated rings. The van der Waals surface area contributed by atoms with Gasteiger partial charge in [0.05, 0.1) is 11.3 Å². The van der Waals surface area contributed by atoms with Crippen LogP contribution in [0.1, 0.15) is 24.1 Å². The maximum absolute atomic E-state index is 14.0. The van der Waals surface area contributed by atoms with Gasteiger partial charge in [-0.3, -0.25) is 4.79 Å². The lowest BCUT2D eigenvalue weighted by Gasteiger charge is -2.32. The molecule has 9 nitrogen and oxygen atoms in total. The van der Waals surface area contributed by atoms with Crippen LogP contribution >= 0.6 is 22.6 Å². The summed E-state index contributed by atoms with van der Waals surface area (Å²) in [5.74, 6) is 0.126. The van der Waals surface area contributed by atoms with E-state index in [9.17, 15) is 9.18 Å². The number of aromatic nitrogens is 4. The van der Waals surface area contributed by atoms with Crippen molar-refractivity contribution in [3.63, 3.8) is 0 Å². The normalized spacial score (nSPS) is 14.1. The standard InChI is InChI=1S/C21H17FIN7O2/c22-17-7-15(2-1-13(17)9-24)30-20(31)8-19(18(10-25)28-30)32-16-3-5-29(6-4-16)21-26-11-14(23)12-27-21/h1-2,7-8,10-12,16,25H,3-6H2. The Morgan fingerprint density at radius 1 is 1.25 bits per heavy atom. The average molecular weight is 545 g/mol. The second-order valence-electron chi connectivity index (χ2n) is 7.07. The highest BCUT2D eigenvalue weighted by atomic mass is 127. The number of nitrogens with one attached hydrogen (secondary N) is 1. The van der Waals surface area contributed by atoms with Gasteiger partial charge in [0.1, 0.15) is 23.7 Å². The average Bonchev–Trinajstić information content (AvgIpc) is 2.80. The summed E-state index contributed by atoms with van der Waals surface area (Å²) < 4.78 is 21.9. The molecule has 3 heterocycles. The predicted octanol–water partition coefficient (Wildman–Crippen LogP) is 2.68. The van der Waals surface area contributed by atoms with Crippen molar-refractivity contribution in [1.29, 1.82) is 10.7 Å². The Morgan fingerprint density at radius 3 is 2.59 bits per heavy atom. The maximum atomic E-state index is 14.0. The maximum Gasteiger partial charge on any atom is 0.275 e. The van der Waals surface area contributed by atoms with Crippen LogP contribution in [0.15, 0.2) is 41.5 Å². The second-order valence-corrected chi connectivity index (χ2v) is 8.32. The summed E-state index contributed by atoms with van der Waals surface area (Å²) >= 11 is 2.16. The van der Waals surface area contributed by atoms with Gasteiger partial charge in [-0.2, -0.15) is 15.0 Å². The molecule has 11 heteroatoms. The molecule has 1 aliphatic rings. The fourth-order valence-corrected chi connectivity index (χ4v) is 3.66. The van der Waals surface area contributed by atoms with Crippen molar-refractivity contribution >= 4 is 34.8 Å². The number of anilines is 1. The molecule has 32 heavy (non-hydrogen) atoms. The molecule has 1 saturated heterocycles. The van der Waals surface area contributed by atoms with Crippen LogP contribution < -0.4 is 15.2 Å². The van der Waals surface area contributed by atoms with Crippen molar-refractivity contribution < 1.29 is 9.13 Å². The molecule has 1 aliphatic heterocycles. The third-order valence-electron chi connectivity index (χ3n) is 5.00. The first-order valence-corrected chi connectivity index (χ1v) is 10.8. The van der Waals surface area contributed by atoms with Crippen LogP contribution in [0.2, 0.25) is 0 Å². The van der Waals surface area contributed by atoms with Crippen molar-refractivity contribution in [2.24, 2.45) is 0 Å². The van der Waals surface area contributed by atoms with Crippen molar-refractivity contribution in [3.8, 4) is 17.5 Å². The first-order valence-electron chi connectivity index (χ1n) is 9.72. The van der Waals surface area contributed by atoms with Crippen LogP contribution in [0, 0.1) is 26.1 Å². The number of benzene rings is 1. The summed E-state index contributed by atoms with van der Waals surface area (Å²) in [6.45, 7) is 1.39. The van der Waals surface area contributed by atoms with Crippen molar-refractivity contribution in [2.75, 3.05) is 18.0 Å². The molecule has 162 valence electrons. The van der Waals surface area contributed by atoms with E-state index in [0.717, 1.165) is 20.5 Å². The van der Waals surface area contributed by atoms with Gasteiger partial charge in [0.2, 0.25) is 5.95 Å². The van der Waals surface area contributed by atoms with Crippen LogP contribution in [-0.4, -0.2) is 45.2 Å². The molecule has 0 bridgehead atoms. The molecule has 4 rings (SSSR count). The molecule has 0 unspecified atom stereocenters. The van der Waals surface area contributed by atoms with E-state index in [0.29, 0.717) is 31.9 Å². The zero-order valence-corrected chi connectivity index (χ0v) is 18.9. The van der Waals surface area contributed by atoms with E-state index in [1.807, 2.05) is 0 Å². The smallest absolute Gasteiger partial charge is 0.275 e. The lowest BCUT2D eigenvalue weighted by atomic mass is 10.1. The zero-order valence-electron chi connectivity index (χ0n) is 16.7. The molecular formula is C21H17FIN7O2. The molecule has 0 aliphatic carbocycles. The van der Waals surface area contributed by atoms with Crippen LogP contribution in [-0.2, 0) is 0 Å². The van der Waals surface area contributed by atoms with Crippen molar-refractivity contribution in [3.05, 3.63) is 67.7 Å². The molecule has 3 aromatic rings. The molecule has 0 atom stereocenters. The Bertz CT molecular complexity index is 1250. The minimum atomic E-state index is -0.751. The summed E-state index contributed by atoms with van der Waals surface area (Å²) in [6.07, 6.45) is 5.75. The van der Waals surface area contributed by atoms with E-state index in [2.05, 4.69) is 42.6 Å². The largest absolute Gasteiger partial charge is 0.488 e. The van der Waals surface area contributed by atoms with Gasteiger partial charge >= 0.3 is 0 Å². The Hall–Kier alpha value is -3.40. The van der Waals surface area contributed by atoms with E-state index in [-0.39, 0.29) is 28.8 Å². The Morgan fingerprint density at radius 2 is 1.97 bits per heavy atom. The number of hydrogen-bond donors (Lipinski definition) is 1. The van der Waals surface area contributed by atoms with Gasteiger partial charge in [-0.05, 0) is 34.7 Å². The topological polar surface area (TPSA) is 121 Å². The van der Waals surface area contributed by atoms with Crippen LogP contribution in [0.4, 0.5) is 10.3 Å². The van der Waals surface area contributed by atoms with E-state index in [1.54, 1.807) is 18.5 Å². The molecule has 2 aromatic heterocycles. The number of hydrogen-bond acceptors (Lipinski definition) is 8. The predicted molar refractivity (Wildman–Crippen MR) is 123 cm³/mol. The quantitative estimate of drug-likeness (QED) is 0.387. The fraction of sp³-hybridized carbons (Fsp3) is 0.238. The van der Waals surface area contributed by atoms with Gasteiger partial charge in [0.15, 0.2) is 5.75 Å². The van der Waals surface area contributed by atoms with Crippen LogP contribution in [0.5, 0.6) is 5.75 Å². The number of piperidine rings is 1. The van der Waals surface area contributed by atoms with Gasteiger partial charge in [-0.25, -0.2) is 14.4 Å². The Balaban J connectivity index is 1.50. The first kappa shape index (κ1) is 21.8. The molecule has 1 N–H and O–H groups in total. The zero-order chi connectivity index (χ0) is 22.7. The molecule has 0 saturated carbocycles. The molecule has 0 amide bonds. The lowest BCUT2D eigenvalue weighted by Crippen LogP contribution is -2.39. The van der Waals surface area contributed by atoms with E-state index < -0.39 is 11.4 Å². The molecule has 0 spiro atoms. The highest BCUT2D eigenvalue weighted by molar-refractivity contribution is 14.1. The highest BCUT2D eigenvalue weighted by Gasteiger charge is 2.24. The van der Waals surface area contributed by atoms with Crippen molar-refractivity contribution in [1.82, 2.24) is 19.7 Å². The Kier molecular flexibility index (Phi) is 6.40. The summed E-state index contributed by atoms with van der Waals surface area (Å²) in [5, 5.41) is 20.7. The van der Waals surface area contributed by atoms with Gasteiger partial charge < -0.3 is 15.0 Å². The summed E-state index contributed by atoms with van der Waals surface area (Å²) in [7, 11) is 0.